The second-order valence-corrected chi connectivity index (χ2v) is 6.76. The van der Waals surface area contributed by atoms with Crippen LogP contribution in [0.2, 0.25) is 0 Å². The first kappa shape index (κ1) is 27.0. The highest BCUT2D eigenvalue weighted by Crippen LogP contribution is 2.43. The summed E-state index contributed by atoms with van der Waals surface area (Å²) in [5, 5.41) is 16.7. The number of nitriles is 1. The standard InChI is InChI=1S/C19H18N4O5.C2HF3O2/c1-26-15-4-9-3-10-17(12(24)7-21)11(6-20)18(13(25)8-22)23-19(10)28-14(9)5-16(15)27-2;3-2(4,5)1(6)7/h4-5H,3,7-8,21-22H2,1-2H3;(H,6,7). The number of nitrogens with zero attached hydrogens (tertiary/aromatic N) is 2. The van der Waals surface area contributed by atoms with E-state index in [9.17, 15) is 28.0 Å². The SMILES string of the molecule is COc1cc2c(cc1OC)Oc1nc(C(=O)CN)c(C#N)c(C(=O)CN)c1C2.O=C(O)C(F)(F)F. The highest BCUT2D eigenvalue weighted by molar-refractivity contribution is 6.06. The quantitative estimate of drug-likeness (QED) is 0.420. The van der Waals surface area contributed by atoms with Gasteiger partial charge >= 0.3 is 12.1 Å². The van der Waals surface area contributed by atoms with E-state index in [2.05, 4.69) is 4.98 Å². The van der Waals surface area contributed by atoms with Gasteiger partial charge in [-0.2, -0.15) is 18.4 Å². The Morgan fingerprint density at radius 2 is 1.69 bits per heavy atom. The average Bonchev–Trinajstić information content (AvgIpc) is 2.84. The number of methoxy groups -OCH3 is 2. The average molecular weight is 496 g/mol. The van der Waals surface area contributed by atoms with E-state index < -0.39 is 23.7 Å². The molecule has 0 aliphatic carbocycles. The van der Waals surface area contributed by atoms with Crippen molar-refractivity contribution in [2.24, 2.45) is 11.5 Å². The van der Waals surface area contributed by atoms with Crippen LogP contribution in [0.3, 0.4) is 0 Å². The van der Waals surface area contributed by atoms with Crippen LogP contribution in [0.25, 0.3) is 0 Å². The zero-order valence-electron chi connectivity index (χ0n) is 18.4. The number of alkyl halides is 3. The van der Waals surface area contributed by atoms with Crippen molar-refractivity contribution in [3.8, 4) is 29.2 Å². The maximum atomic E-state index is 12.5. The van der Waals surface area contributed by atoms with Crippen molar-refractivity contribution in [3.05, 3.63) is 40.1 Å². The van der Waals surface area contributed by atoms with Crippen LogP contribution in [0.5, 0.6) is 23.1 Å². The number of rotatable bonds is 6. The molecule has 0 radical (unpaired) electrons. The smallest absolute Gasteiger partial charge is 0.490 e. The second kappa shape index (κ2) is 10.8. The van der Waals surface area contributed by atoms with Crippen LogP contribution < -0.4 is 25.7 Å². The Balaban J connectivity index is 0.000000540. The molecule has 1 aliphatic heterocycles. The number of carboxylic acids is 1. The van der Waals surface area contributed by atoms with Crippen LogP contribution >= 0.6 is 0 Å². The molecule has 0 saturated heterocycles. The Bertz CT molecular complexity index is 1220. The predicted octanol–water partition coefficient (Wildman–Crippen LogP) is 1.58. The molecule has 0 spiro atoms. The minimum atomic E-state index is -5.08. The summed E-state index contributed by atoms with van der Waals surface area (Å²) in [5.74, 6) is -2.38. The Labute approximate surface area is 196 Å². The molecular weight excluding hydrogens is 477 g/mol. The molecule has 0 amide bonds. The van der Waals surface area contributed by atoms with Crippen molar-refractivity contribution in [2.45, 2.75) is 12.6 Å². The molecular formula is C21H19F3N4O7. The lowest BCUT2D eigenvalue weighted by molar-refractivity contribution is -0.192. The van der Waals surface area contributed by atoms with Crippen molar-refractivity contribution in [3.63, 3.8) is 0 Å². The summed E-state index contributed by atoms with van der Waals surface area (Å²) >= 11 is 0. The number of hydrogen-bond donors (Lipinski definition) is 3. The molecule has 0 saturated carbocycles. The van der Waals surface area contributed by atoms with Gasteiger partial charge < -0.3 is 30.8 Å². The van der Waals surface area contributed by atoms with Gasteiger partial charge in [-0.05, 0) is 6.07 Å². The summed E-state index contributed by atoms with van der Waals surface area (Å²) in [7, 11) is 3.00. The largest absolute Gasteiger partial charge is 0.493 e. The number of aliphatic carboxylic acids is 1. The topological polar surface area (TPSA) is 188 Å². The summed E-state index contributed by atoms with van der Waals surface area (Å²) in [6.45, 7) is -0.696. The van der Waals surface area contributed by atoms with Crippen LogP contribution in [0, 0.1) is 11.3 Å². The van der Waals surface area contributed by atoms with Crippen molar-refractivity contribution in [1.82, 2.24) is 4.98 Å². The van der Waals surface area contributed by atoms with Crippen LogP contribution in [-0.2, 0) is 11.2 Å². The lowest BCUT2D eigenvalue weighted by atomic mass is 9.90. The number of nitrogens with two attached hydrogens (primary N) is 2. The molecule has 0 atom stereocenters. The molecule has 186 valence electrons. The molecule has 3 rings (SSSR count). The number of fused-ring (bicyclic) bond motifs is 2. The molecule has 0 fully saturated rings. The van der Waals surface area contributed by atoms with Gasteiger partial charge in [-0.1, -0.05) is 0 Å². The number of halogens is 3. The van der Waals surface area contributed by atoms with Gasteiger partial charge in [-0.3, -0.25) is 9.59 Å². The monoisotopic (exact) mass is 496 g/mol. The number of benzene rings is 1. The first-order chi connectivity index (χ1) is 16.4. The lowest BCUT2D eigenvalue weighted by Crippen LogP contribution is -2.24. The van der Waals surface area contributed by atoms with Crippen LogP contribution in [0.15, 0.2) is 12.1 Å². The number of carboxylic acid groups (broad SMARTS) is 1. The fourth-order valence-corrected chi connectivity index (χ4v) is 3.10. The van der Waals surface area contributed by atoms with Gasteiger partial charge in [0.2, 0.25) is 5.88 Å². The van der Waals surface area contributed by atoms with E-state index in [1.165, 1.54) is 14.2 Å². The van der Waals surface area contributed by atoms with Gasteiger partial charge in [-0.25, -0.2) is 9.78 Å². The third-order valence-corrected chi connectivity index (χ3v) is 4.67. The highest BCUT2D eigenvalue weighted by Gasteiger charge is 2.38. The Kier molecular flexibility index (Phi) is 8.34. The van der Waals surface area contributed by atoms with Gasteiger partial charge in [0.05, 0.1) is 32.9 Å². The van der Waals surface area contributed by atoms with Gasteiger partial charge in [-0.15, -0.1) is 0 Å². The van der Waals surface area contributed by atoms with Gasteiger partial charge in [0.25, 0.3) is 0 Å². The summed E-state index contributed by atoms with van der Waals surface area (Å²) in [5.41, 5.74) is 11.7. The summed E-state index contributed by atoms with van der Waals surface area (Å²) in [4.78, 5) is 37.8. The molecule has 1 aromatic heterocycles. The van der Waals surface area contributed by atoms with E-state index in [1.807, 2.05) is 6.07 Å². The van der Waals surface area contributed by atoms with E-state index in [1.54, 1.807) is 12.1 Å². The maximum Gasteiger partial charge on any atom is 0.490 e. The highest BCUT2D eigenvalue weighted by atomic mass is 19.4. The molecule has 1 aromatic carbocycles. The van der Waals surface area contributed by atoms with Gasteiger partial charge in [0.1, 0.15) is 17.5 Å². The van der Waals surface area contributed by atoms with Crippen molar-refractivity contribution >= 4 is 17.5 Å². The third-order valence-electron chi connectivity index (χ3n) is 4.67. The molecule has 0 bridgehead atoms. The van der Waals surface area contributed by atoms with Crippen LogP contribution in [0.1, 0.15) is 37.5 Å². The Hall–Kier alpha value is -4.22. The molecule has 5 N–H and O–H groups in total. The van der Waals surface area contributed by atoms with Crippen molar-refractivity contribution < 1.29 is 46.9 Å². The Morgan fingerprint density at radius 1 is 1.14 bits per heavy atom. The zero-order chi connectivity index (χ0) is 26.5. The number of ketones is 2. The molecule has 14 heteroatoms. The van der Waals surface area contributed by atoms with E-state index in [-0.39, 0.29) is 42.2 Å². The van der Waals surface area contributed by atoms with E-state index in [4.69, 9.17) is 35.6 Å². The van der Waals surface area contributed by atoms with Crippen molar-refractivity contribution in [1.29, 1.82) is 5.26 Å². The normalized spacial score (nSPS) is 11.5. The fraction of sp³-hybridized carbons (Fsp3) is 0.286. The summed E-state index contributed by atoms with van der Waals surface area (Å²) < 4.78 is 48.2. The first-order valence-electron chi connectivity index (χ1n) is 9.59. The summed E-state index contributed by atoms with van der Waals surface area (Å²) in [6, 6.07) is 5.25. The number of hydrogen-bond acceptors (Lipinski definition) is 10. The molecule has 1 aliphatic rings. The molecule has 0 unspecified atom stereocenters. The van der Waals surface area contributed by atoms with Crippen LogP contribution in [-0.4, -0.2) is 61.1 Å². The second-order valence-electron chi connectivity index (χ2n) is 6.76. The number of ether oxygens (including phenoxy) is 3. The number of Topliss-reactive ketones (excluding diaryl/α,β-unsaturated/α-hetero) is 2. The Morgan fingerprint density at radius 3 is 2.14 bits per heavy atom. The third kappa shape index (κ3) is 5.65. The number of carbonyl (C=O) groups excluding carboxylic acids is 2. The van der Waals surface area contributed by atoms with E-state index >= 15 is 0 Å². The number of pyridine rings is 1. The van der Waals surface area contributed by atoms with E-state index in [0.717, 1.165) is 0 Å². The summed E-state index contributed by atoms with van der Waals surface area (Å²) in [6.07, 6.45) is -4.84. The minimum absolute atomic E-state index is 0.0345. The maximum absolute atomic E-state index is 12.5. The fourth-order valence-electron chi connectivity index (χ4n) is 3.10. The van der Waals surface area contributed by atoms with E-state index in [0.29, 0.717) is 28.4 Å². The number of aromatic nitrogens is 1. The minimum Gasteiger partial charge on any atom is -0.493 e. The van der Waals surface area contributed by atoms with Crippen LogP contribution in [0.4, 0.5) is 13.2 Å². The van der Waals surface area contributed by atoms with Gasteiger partial charge in [0.15, 0.2) is 23.1 Å². The lowest BCUT2D eigenvalue weighted by Gasteiger charge is -2.24. The molecule has 11 nitrogen and oxygen atoms in total. The molecule has 2 aromatic rings. The van der Waals surface area contributed by atoms with Crippen molar-refractivity contribution in [2.75, 3.05) is 27.3 Å². The molecule has 2 heterocycles. The van der Waals surface area contributed by atoms with Gasteiger partial charge in [0, 0.05) is 29.2 Å². The number of carbonyl (C=O) groups is 3. The zero-order valence-corrected chi connectivity index (χ0v) is 18.4. The molecule has 35 heavy (non-hydrogen) atoms. The predicted molar refractivity (Wildman–Crippen MR) is 112 cm³/mol. The first-order valence-corrected chi connectivity index (χ1v) is 9.59.